The molecule has 1 N–H and O–H groups in total. The van der Waals surface area contributed by atoms with Crippen LogP contribution in [0, 0.1) is 0 Å². The second-order valence-electron chi connectivity index (χ2n) is 4.74. The van der Waals surface area contributed by atoms with E-state index in [1.807, 2.05) is 18.3 Å². The lowest BCUT2D eigenvalue weighted by Gasteiger charge is -2.26. The van der Waals surface area contributed by atoms with E-state index in [0.29, 0.717) is 5.15 Å². The summed E-state index contributed by atoms with van der Waals surface area (Å²) in [7, 11) is 0. The predicted molar refractivity (Wildman–Crippen MR) is 80.9 cm³/mol. The van der Waals surface area contributed by atoms with E-state index < -0.39 is 0 Å². The first-order valence-electron chi connectivity index (χ1n) is 6.50. The molecule has 1 aliphatic rings. The molecule has 102 valence electrons. The van der Waals surface area contributed by atoms with Crippen molar-refractivity contribution in [2.24, 2.45) is 0 Å². The molecule has 0 saturated carbocycles. The van der Waals surface area contributed by atoms with E-state index >= 15 is 0 Å². The van der Waals surface area contributed by atoms with Crippen LogP contribution in [-0.2, 0) is 6.42 Å². The van der Waals surface area contributed by atoms with Crippen molar-refractivity contribution < 1.29 is 0 Å². The largest absolute Gasteiger partial charge is 0.314 e. The zero-order chi connectivity index (χ0) is 13.2. The molecule has 2 aromatic heterocycles. The molecule has 0 atom stereocenters. The molecule has 0 radical (unpaired) electrons. The topological polar surface area (TPSA) is 32.6 Å². The molecule has 2 aromatic rings. The zero-order valence-electron chi connectivity index (χ0n) is 10.6. The molecule has 3 rings (SSSR count). The predicted octanol–water partition coefficient (Wildman–Crippen LogP) is 2.20. The maximum Gasteiger partial charge on any atom is 0.156 e. The second kappa shape index (κ2) is 5.79. The Hall–Kier alpha value is -0.620. The summed E-state index contributed by atoms with van der Waals surface area (Å²) in [5.41, 5.74) is 0.958. The summed E-state index contributed by atoms with van der Waals surface area (Å²) in [6.07, 6.45) is 2.94. The highest BCUT2D eigenvalue weighted by atomic mass is 79.9. The number of imidazole rings is 1. The molecule has 0 amide bonds. The molecule has 19 heavy (non-hydrogen) atoms. The fourth-order valence-corrected chi connectivity index (χ4v) is 3.42. The minimum Gasteiger partial charge on any atom is -0.314 e. The molecule has 0 spiro atoms. The number of nitrogens with one attached hydrogen (secondary N) is 1. The normalized spacial score (nSPS) is 17.2. The summed E-state index contributed by atoms with van der Waals surface area (Å²) in [6.45, 7) is 5.41. The van der Waals surface area contributed by atoms with E-state index in [9.17, 15) is 0 Å². The average Bonchev–Trinajstić information content (AvgIpc) is 2.76. The number of pyridine rings is 1. The summed E-state index contributed by atoms with van der Waals surface area (Å²) in [6, 6.07) is 3.99. The van der Waals surface area contributed by atoms with Gasteiger partial charge in [-0.1, -0.05) is 11.6 Å². The number of rotatable bonds is 3. The van der Waals surface area contributed by atoms with Crippen molar-refractivity contribution in [1.82, 2.24) is 19.6 Å². The van der Waals surface area contributed by atoms with Gasteiger partial charge in [-0.15, -0.1) is 0 Å². The van der Waals surface area contributed by atoms with E-state index in [0.717, 1.165) is 55.0 Å². The van der Waals surface area contributed by atoms with Crippen molar-refractivity contribution in [3.05, 3.63) is 33.8 Å². The SMILES string of the molecule is Clc1nc(CCN2CCNCC2)n2cccc(Br)c12. The molecule has 1 saturated heterocycles. The molecular formula is C13H16BrClN4. The fraction of sp³-hybridized carbons (Fsp3) is 0.462. The van der Waals surface area contributed by atoms with Crippen molar-refractivity contribution in [3.63, 3.8) is 0 Å². The van der Waals surface area contributed by atoms with Crippen LogP contribution < -0.4 is 5.32 Å². The highest BCUT2D eigenvalue weighted by Gasteiger charge is 2.14. The first-order valence-corrected chi connectivity index (χ1v) is 7.67. The number of aromatic nitrogens is 2. The van der Waals surface area contributed by atoms with E-state index in [1.165, 1.54) is 0 Å². The molecule has 3 heterocycles. The number of piperazine rings is 1. The first-order chi connectivity index (χ1) is 9.25. The van der Waals surface area contributed by atoms with E-state index in [2.05, 4.69) is 35.5 Å². The fourth-order valence-electron chi connectivity index (χ4n) is 2.48. The molecule has 1 fully saturated rings. The minimum atomic E-state index is 0.572. The van der Waals surface area contributed by atoms with Gasteiger partial charge in [0.2, 0.25) is 0 Å². The smallest absolute Gasteiger partial charge is 0.156 e. The Labute approximate surface area is 125 Å². The Bertz CT molecular complexity index is 577. The molecule has 0 aromatic carbocycles. The number of nitrogens with zero attached hydrogens (tertiary/aromatic N) is 3. The van der Waals surface area contributed by atoms with Crippen LogP contribution in [0.2, 0.25) is 5.15 Å². The third-order valence-electron chi connectivity index (χ3n) is 3.51. The van der Waals surface area contributed by atoms with Gasteiger partial charge in [-0.25, -0.2) is 4.98 Å². The van der Waals surface area contributed by atoms with Gasteiger partial charge in [-0.2, -0.15) is 0 Å². The molecular weight excluding hydrogens is 328 g/mol. The molecule has 0 aliphatic carbocycles. The Kier molecular flexibility index (Phi) is 4.07. The molecule has 1 aliphatic heterocycles. The van der Waals surface area contributed by atoms with Gasteiger partial charge in [0.25, 0.3) is 0 Å². The van der Waals surface area contributed by atoms with Gasteiger partial charge >= 0.3 is 0 Å². The quantitative estimate of drug-likeness (QED) is 0.927. The highest BCUT2D eigenvalue weighted by molar-refractivity contribution is 9.10. The van der Waals surface area contributed by atoms with Crippen LogP contribution in [0.4, 0.5) is 0 Å². The van der Waals surface area contributed by atoms with Gasteiger partial charge in [0.05, 0.1) is 5.52 Å². The standard InChI is InChI=1S/C13H16BrClN4/c14-10-2-1-6-19-11(17-13(15)12(10)19)3-7-18-8-4-16-5-9-18/h1-2,6,16H,3-5,7-9H2. The third kappa shape index (κ3) is 2.79. The maximum absolute atomic E-state index is 6.22. The summed E-state index contributed by atoms with van der Waals surface area (Å²) in [5.74, 6) is 1.03. The van der Waals surface area contributed by atoms with Crippen LogP contribution >= 0.6 is 27.5 Å². The summed E-state index contributed by atoms with van der Waals surface area (Å²) < 4.78 is 3.06. The number of halogens is 2. The zero-order valence-corrected chi connectivity index (χ0v) is 12.9. The summed E-state index contributed by atoms with van der Waals surface area (Å²) in [5, 5.41) is 3.94. The van der Waals surface area contributed by atoms with E-state index in [4.69, 9.17) is 11.6 Å². The summed E-state index contributed by atoms with van der Waals surface area (Å²) in [4.78, 5) is 6.95. The lowest BCUT2D eigenvalue weighted by molar-refractivity contribution is 0.242. The Morgan fingerprint density at radius 3 is 2.95 bits per heavy atom. The molecule has 0 bridgehead atoms. The monoisotopic (exact) mass is 342 g/mol. The van der Waals surface area contributed by atoms with Gasteiger partial charge in [-0.05, 0) is 28.1 Å². The van der Waals surface area contributed by atoms with Crippen LogP contribution in [0.3, 0.4) is 0 Å². The van der Waals surface area contributed by atoms with Gasteiger partial charge in [0, 0.05) is 49.8 Å². The Morgan fingerprint density at radius 1 is 1.37 bits per heavy atom. The second-order valence-corrected chi connectivity index (χ2v) is 5.95. The average molecular weight is 344 g/mol. The van der Waals surface area contributed by atoms with Crippen molar-refractivity contribution in [3.8, 4) is 0 Å². The third-order valence-corrected chi connectivity index (χ3v) is 4.41. The van der Waals surface area contributed by atoms with Crippen LogP contribution in [0.15, 0.2) is 22.8 Å². The van der Waals surface area contributed by atoms with E-state index in [1.54, 1.807) is 0 Å². The molecule has 4 nitrogen and oxygen atoms in total. The maximum atomic E-state index is 6.22. The summed E-state index contributed by atoms with van der Waals surface area (Å²) >= 11 is 9.74. The van der Waals surface area contributed by atoms with Gasteiger partial charge in [0.15, 0.2) is 5.15 Å². The first kappa shape index (κ1) is 13.4. The Balaban J connectivity index is 1.79. The van der Waals surface area contributed by atoms with Gasteiger partial charge in [-0.3, -0.25) is 0 Å². The van der Waals surface area contributed by atoms with Crippen LogP contribution in [0.5, 0.6) is 0 Å². The molecule has 6 heteroatoms. The lowest BCUT2D eigenvalue weighted by atomic mass is 10.3. The van der Waals surface area contributed by atoms with Crippen molar-refractivity contribution in [2.75, 3.05) is 32.7 Å². The molecule has 0 unspecified atom stereocenters. The van der Waals surface area contributed by atoms with Crippen LogP contribution in [0.1, 0.15) is 5.82 Å². The Morgan fingerprint density at radius 2 is 2.16 bits per heavy atom. The minimum absolute atomic E-state index is 0.572. The lowest BCUT2D eigenvalue weighted by Crippen LogP contribution is -2.44. The van der Waals surface area contributed by atoms with Crippen molar-refractivity contribution in [2.45, 2.75) is 6.42 Å². The number of hydrogen-bond donors (Lipinski definition) is 1. The van der Waals surface area contributed by atoms with Crippen molar-refractivity contribution in [1.29, 1.82) is 0 Å². The number of fused-ring (bicyclic) bond motifs is 1. The van der Waals surface area contributed by atoms with Crippen molar-refractivity contribution >= 4 is 33.0 Å². The van der Waals surface area contributed by atoms with Crippen LogP contribution in [0.25, 0.3) is 5.52 Å². The van der Waals surface area contributed by atoms with Gasteiger partial charge < -0.3 is 14.6 Å². The van der Waals surface area contributed by atoms with Gasteiger partial charge in [0.1, 0.15) is 5.82 Å². The van der Waals surface area contributed by atoms with Crippen LogP contribution in [-0.4, -0.2) is 47.0 Å². The van der Waals surface area contributed by atoms with E-state index in [-0.39, 0.29) is 0 Å². The highest BCUT2D eigenvalue weighted by Crippen LogP contribution is 2.26. The number of hydrogen-bond acceptors (Lipinski definition) is 3.